The van der Waals surface area contributed by atoms with Gasteiger partial charge in [-0.2, -0.15) is 5.26 Å². The van der Waals surface area contributed by atoms with Gasteiger partial charge < -0.3 is 4.74 Å². The number of anilines is 1. The van der Waals surface area contributed by atoms with E-state index in [0.717, 1.165) is 4.90 Å². The molecule has 0 bridgehead atoms. The Morgan fingerprint density at radius 3 is 2.20 bits per heavy atom. The average molecular weight is 374 g/mol. The summed E-state index contributed by atoms with van der Waals surface area (Å²) in [5.41, 5.74) is 0.747. The van der Waals surface area contributed by atoms with Gasteiger partial charge in [0.1, 0.15) is 11.4 Å². The Labute approximate surface area is 152 Å². The number of rotatable bonds is 3. The second-order valence-electron chi connectivity index (χ2n) is 5.02. The number of halogens is 2. The van der Waals surface area contributed by atoms with Crippen LogP contribution in [0.1, 0.15) is 5.56 Å². The summed E-state index contributed by atoms with van der Waals surface area (Å²) in [7, 11) is 0. The number of nitrogens with zero attached hydrogens (tertiary/aromatic N) is 2. The van der Waals surface area contributed by atoms with Gasteiger partial charge in [-0.15, -0.1) is 0 Å². The van der Waals surface area contributed by atoms with Crippen LogP contribution in [0.2, 0.25) is 10.0 Å². The van der Waals surface area contributed by atoms with Gasteiger partial charge in [0.25, 0.3) is 5.91 Å². The SMILES string of the molecule is C=C1C(=O)NC(=O)N1c1cc(Cl)c(Oc2ccc(C#N)cc2)c(Cl)c1. The lowest BCUT2D eigenvalue weighted by atomic mass is 10.2. The lowest BCUT2D eigenvalue weighted by Crippen LogP contribution is -2.27. The Hall–Kier alpha value is -3.01. The van der Waals surface area contributed by atoms with Crippen molar-refractivity contribution in [1.82, 2.24) is 5.32 Å². The van der Waals surface area contributed by atoms with Crippen LogP contribution in [-0.4, -0.2) is 11.9 Å². The first-order valence-corrected chi connectivity index (χ1v) is 7.67. The first-order valence-electron chi connectivity index (χ1n) is 6.92. The minimum Gasteiger partial charge on any atom is -0.454 e. The van der Waals surface area contributed by atoms with Gasteiger partial charge in [-0.25, -0.2) is 4.79 Å². The topological polar surface area (TPSA) is 82.4 Å². The summed E-state index contributed by atoms with van der Waals surface area (Å²) in [6, 6.07) is 10.6. The summed E-state index contributed by atoms with van der Waals surface area (Å²) in [5, 5.41) is 11.2. The van der Waals surface area contributed by atoms with Gasteiger partial charge in [-0.1, -0.05) is 29.8 Å². The van der Waals surface area contributed by atoms with Crippen molar-refractivity contribution in [2.24, 2.45) is 0 Å². The number of carbonyl (C=O) groups is 2. The molecule has 2 aromatic rings. The molecular formula is C17H9Cl2N3O3. The maximum absolute atomic E-state index is 11.8. The summed E-state index contributed by atoms with van der Waals surface area (Å²) in [6.07, 6.45) is 0. The molecular weight excluding hydrogens is 365 g/mol. The number of nitrogens with one attached hydrogen (secondary N) is 1. The Morgan fingerprint density at radius 2 is 1.72 bits per heavy atom. The second kappa shape index (κ2) is 6.48. The quantitative estimate of drug-likeness (QED) is 0.644. The fourth-order valence-corrected chi connectivity index (χ4v) is 2.76. The minimum absolute atomic E-state index is 0.0297. The number of imide groups is 1. The predicted molar refractivity (Wildman–Crippen MR) is 92.9 cm³/mol. The number of amides is 3. The molecule has 6 nitrogen and oxygen atoms in total. The molecule has 124 valence electrons. The van der Waals surface area contributed by atoms with Crippen LogP contribution in [0.25, 0.3) is 0 Å². The van der Waals surface area contributed by atoms with E-state index >= 15 is 0 Å². The Morgan fingerprint density at radius 1 is 1.12 bits per heavy atom. The van der Waals surface area contributed by atoms with Crippen molar-refractivity contribution >= 4 is 40.8 Å². The highest BCUT2D eigenvalue weighted by Gasteiger charge is 2.33. The number of urea groups is 1. The summed E-state index contributed by atoms with van der Waals surface area (Å²) in [5.74, 6) is 0.0394. The van der Waals surface area contributed by atoms with Gasteiger partial charge in [-0.05, 0) is 36.4 Å². The third kappa shape index (κ3) is 3.15. The highest BCUT2D eigenvalue weighted by molar-refractivity contribution is 6.38. The molecule has 0 radical (unpaired) electrons. The first-order chi connectivity index (χ1) is 11.9. The Bertz CT molecular complexity index is 926. The van der Waals surface area contributed by atoms with E-state index in [4.69, 9.17) is 33.2 Å². The third-order valence-electron chi connectivity index (χ3n) is 3.40. The number of nitriles is 1. The summed E-state index contributed by atoms with van der Waals surface area (Å²) in [6.45, 7) is 3.56. The van der Waals surface area contributed by atoms with Gasteiger partial charge in [0.15, 0.2) is 5.75 Å². The van der Waals surface area contributed by atoms with Crippen LogP contribution in [0.5, 0.6) is 11.5 Å². The number of benzene rings is 2. The Balaban J connectivity index is 1.93. The fourth-order valence-electron chi connectivity index (χ4n) is 2.21. The minimum atomic E-state index is -0.636. The smallest absolute Gasteiger partial charge is 0.333 e. The Kier molecular flexibility index (Phi) is 4.36. The molecule has 1 saturated heterocycles. The number of hydrogen-bond donors (Lipinski definition) is 1. The predicted octanol–water partition coefficient (Wildman–Crippen LogP) is 4.23. The summed E-state index contributed by atoms with van der Waals surface area (Å²) >= 11 is 12.4. The summed E-state index contributed by atoms with van der Waals surface area (Å²) < 4.78 is 5.65. The van der Waals surface area contributed by atoms with E-state index in [-0.39, 0.29) is 27.2 Å². The van der Waals surface area contributed by atoms with E-state index in [1.54, 1.807) is 24.3 Å². The zero-order valence-corrected chi connectivity index (χ0v) is 14.1. The standard InChI is InChI=1S/C17H9Cl2N3O3/c1-9-16(23)21-17(24)22(9)11-6-13(18)15(14(19)7-11)25-12-4-2-10(8-20)3-5-12/h2-7H,1H2,(H,21,23,24). The van der Waals surface area contributed by atoms with Crippen LogP contribution in [0.4, 0.5) is 10.5 Å². The number of hydrogen-bond acceptors (Lipinski definition) is 4. The lowest BCUT2D eigenvalue weighted by Gasteiger charge is -2.17. The highest BCUT2D eigenvalue weighted by Crippen LogP contribution is 2.40. The van der Waals surface area contributed by atoms with E-state index in [1.807, 2.05) is 6.07 Å². The molecule has 1 fully saturated rings. The molecule has 8 heteroatoms. The van der Waals surface area contributed by atoms with Crippen molar-refractivity contribution in [3.05, 3.63) is 64.3 Å². The third-order valence-corrected chi connectivity index (χ3v) is 3.96. The first kappa shape index (κ1) is 16.8. The van der Waals surface area contributed by atoms with E-state index in [1.165, 1.54) is 12.1 Å². The van der Waals surface area contributed by atoms with E-state index < -0.39 is 11.9 Å². The van der Waals surface area contributed by atoms with E-state index in [2.05, 4.69) is 11.9 Å². The fraction of sp³-hybridized carbons (Fsp3) is 0. The van der Waals surface area contributed by atoms with Crippen LogP contribution in [0, 0.1) is 11.3 Å². The van der Waals surface area contributed by atoms with Crippen LogP contribution in [-0.2, 0) is 4.79 Å². The van der Waals surface area contributed by atoms with E-state index in [0.29, 0.717) is 11.3 Å². The summed E-state index contributed by atoms with van der Waals surface area (Å²) in [4.78, 5) is 24.4. The van der Waals surface area contributed by atoms with Crippen molar-refractivity contribution in [2.75, 3.05) is 4.90 Å². The van der Waals surface area contributed by atoms with Crippen LogP contribution >= 0.6 is 23.2 Å². The average Bonchev–Trinajstić information content (AvgIpc) is 2.84. The molecule has 1 N–H and O–H groups in total. The molecule has 0 saturated carbocycles. The van der Waals surface area contributed by atoms with Crippen molar-refractivity contribution in [3.63, 3.8) is 0 Å². The number of carbonyl (C=O) groups excluding carboxylic acids is 2. The normalized spacial score (nSPS) is 13.6. The highest BCUT2D eigenvalue weighted by atomic mass is 35.5. The van der Waals surface area contributed by atoms with Crippen molar-refractivity contribution in [2.45, 2.75) is 0 Å². The molecule has 25 heavy (non-hydrogen) atoms. The molecule has 0 unspecified atom stereocenters. The largest absolute Gasteiger partial charge is 0.454 e. The number of ether oxygens (including phenoxy) is 1. The molecule has 2 aromatic carbocycles. The van der Waals surface area contributed by atoms with Crippen molar-refractivity contribution in [3.8, 4) is 17.6 Å². The van der Waals surface area contributed by atoms with Gasteiger partial charge >= 0.3 is 6.03 Å². The molecule has 3 rings (SSSR count). The van der Waals surface area contributed by atoms with Crippen LogP contribution < -0.4 is 15.0 Å². The molecule has 0 atom stereocenters. The molecule has 0 aliphatic carbocycles. The molecule has 1 heterocycles. The maximum Gasteiger partial charge on any atom is 0.333 e. The van der Waals surface area contributed by atoms with E-state index in [9.17, 15) is 9.59 Å². The zero-order chi connectivity index (χ0) is 18.1. The van der Waals surface area contributed by atoms with Crippen molar-refractivity contribution < 1.29 is 14.3 Å². The molecule has 1 aliphatic heterocycles. The molecule has 3 amide bonds. The molecule has 0 aromatic heterocycles. The lowest BCUT2D eigenvalue weighted by molar-refractivity contribution is -0.115. The zero-order valence-electron chi connectivity index (χ0n) is 12.5. The molecule has 0 spiro atoms. The molecule has 1 aliphatic rings. The van der Waals surface area contributed by atoms with Crippen LogP contribution in [0.15, 0.2) is 48.7 Å². The second-order valence-corrected chi connectivity index (χ2v) is 5.83. The van der Waals surface area contributed by atoms with Gasteiger partial charge in [0.2, 0.25) is 0 Å². The van der Waals surface area contributed by atoms with Gasteiger partial charge in [-0.3, -0.25) is 15.0 Å². The maximum atomic E-state index is 11.8. The van der Waals surface area contributed by atoms with Gasteiger partial charge in [0.05, 0.1) is 27.4 Å². The van der Waals surface area contributed by atoms with Gasteiger partial charge in [0, 0.05) is 0 Å². The monoisotopic (exact) mass is 373 g/mol. The van der Waals surface area contributed by atoms with Crippen molar-refractivity contribution in [1.29, 1.82) is 5.26 Å². The van der Waals surface area contributed by atoms with Crippen LogP contribution in [0.3, 0.4) is 0 Å².